The summed E-state index contributed by atoms with van der Waals surface area (Å²) in [4.78, 5) is 14.5. The highest BCUT2D eigenvalue weighted by atomic mass is 16.6. The van der Waals surface area contributed by atoms with Crippen molar-refractivity contribution in [1.29, 1.82) is 0 Å². The molecule has 7 heteroatoms. The predicted molar refractivity (Wildman–Crippen MR) is 142 cm³/mol. The molecule has 1 amide bonds. The number of carbonyl (C=O) groups excluding carboxylic acids is 1. The SMILES string of the molecule is CCN(CC)C(=O)Oc1ccc2c(ccn2Cc2cc(OC)cc(OC)c2)c1-c1ccc(OC)cc1. The first-order chi connectivity index (χ1) is 17.5. The number of amides is 1. The molecule has 0 bridgehead atoms. The van der Waals surface area contributed by atoms with Gasteiger partial charge in [0.15, 0.2) is 0 Å². The van der Waals surface area contributed by atoms with Crippen LogP contribution in [0.2, 0.25) is 0 Å². The number of ether oxygens (including phenoxy) is 4. The highest BCUT2D eigenvalue weighted by Gasteiger charge is 2.19. The standard InChI is InChI=1S/C29H32N2O5/c1-6-30(7-2)29(32)36-27-13-12-26-25(28(27)21-8-10-22(33-3)11-9-21)14-15-31(26)19-20-16-23(34-4)18-24(17-20)35-5/h8-18H,6-7,19H2,1-5H3. The Morgan fingerprint density at radius 3 is 2.03 bits per heavy atom. The minimum atomic E-state index is -0.364. The minimum Gasteiger partial charge on any atom is -0.497 e. The molecule has 0 spiro atoms. The number of fused-ring (bicyclic) bond motifs is 1. The van der Waals surface area contributed by atoms with Crippen molar-refractivity contribution in [3.8, 4) is 34.1 Å². The van der Waals surface area contributed by atoms with Gasteiger partial charge in [0.1, 0.15) is 23.0 Å². The van der Waals surface area contributed by atoms with Crippen LogP contribution in [-0.4, -0.2) is 50.0 Å². The zero-order chi connectivity index (χ0) is 25.7. The highest BCUT2D eigenvalue weighted by Crippen LogP contribution is 2.39. The van der Waals surface area contributed by atoms with Gasteiger partial charge in [-0.1, -0.05) is 12.1 Å². The van der Waals surface area contributed by atoms with Gasteiger partial charge < -0.3 is 28.4 Å². The van der Waals surface area contributed by atoms with Crippen LogP contribution in [0.3, 0.4) is 0 Å². The second kappa shape index (κ2) is 11.1. The number of aromatic nitrogens is 1. The van der Waals surface area contributed by atoms with Gasteiger partial charge >= 0.3 is 6.09 Å². The smallest absolute Gasteiger partial charge is 0.415 e. The van der Waals surface area contributed by atoms with Crippen LogP contribution in [0.15, 0.2) is 66.9 Å². The van der Waals surface area contributed by atoms with Crippen LogP contribution in [-0.2, 0) is 6.54 Å². The van der Waals surface area contributed by atoms with E-state index in [1.54, 1.807) is 26.2 Å². The van der Waals surface area contributed by atoms with Crippen LogP contribution in [0.25, 0.3) is 22.0 Å². The Morgan fingerprint density at radius 2 is 1.44 bits per heavy atom. The number of hydrogen-bond acceptors (Lipinski definition) is 5. The van der Waals surface area contributed by atoms with E-state index in [2.05, 4.69) is 10.6 Å². The maximum Gasteiger partial charge on any atom is 0.415 e. The number of benzene rings is 3. The molecule has 3 aromatic carbocycles. The predicted octanol–water partition coefficient (Wildman–Crippen LogP) is 6.22. The third kappa shape index (κ3) is 5.10. The lowest BCUT2D eigenvalue weighted by Gasteiger charge is -2.20. The van der Waals surface area contributed by atoms with Crippen molar-refractivity contribution in [3.63, 3.8) is 0 Å². The zero-order valence-corrected chi connectivity index (χ0v) is 21.4. The molecule has 0 fully saturated rings. The summed E-state index contributed by atoms with van der Waals surface area (Å²) in [5.41, 5.74) is 3.86. The van der Waals surface area contributed by atoms with Gasteiger partial charge in [0.2, 0.25) is 0 Å². The largest absolute Gasteiger partial charge is 0.497 e. The molecule has 188 valence electrons. The Bertz CT molecular complexity index is 1320. The van der Waals surface area contributed by atoms with Gasteiger partial charge in [-0.15, -0.1) is 0 Å². The van der Waals surface area contributed by atoms with E-state index in [1.807, 2.05) is 74.6 Å². The molecule has 0 aliphatic heterocycles. The molecule has 36 heavy (non-hydrogen) atoms. The highest BCUT2D eigenvalue weighted by molar-refractivity contribution is 5.99. The van der Waals surface area contributed by atoms with Crippen molar-refractivity contribution >= 4 is 17.0 Å². The summed E-state index contributed by atoms with van der Waals surface area (Å²) in [6, 6.07) is 19.5. The number of methoxy groups -OCH3 is 3. The van der Waals surface area contributed by atoms with E-state index in [9.17, 15) is 4.79 Å². The van der Waals surface area contributed by atoms with E-state index in [0.29, 0.717) is 25.4 Å². The molecule has 0 saturated heterocycles. The first-order valence-corrected chi connectivity index (χ1v) is 12.0. The van der Waals surface area contributed by atoms with Crippen molar-refractivity contribution < 1.29 is 23.7 Å². The molecule has 1 heterocycles. The second-order valence-electron chi connectivity index (χ2n) is 8.30. The Hall–Kier alpha value is -4.13. The minimum absolute atomic E-state index is 0.364. The van der Waals surface area contributed by atoms with Crippen LogP contribution in [0, 0.1) is 0 Å². The number of nitrogens with zero attached hydrogens (tertiary/aromatic N) is 2. The quantitative estimate of drug-likeness (QED) is 0.280. The van der Waals surface area contributed by atoms with Gasteiger partial charge in [0.25, 0.3) is 0 Å². The van der Waals surface area contributed by atoms with Gasteiger partial charge in [-0.25, -0.2) is 4.79 Å². The third-order valence-corrected chi connectivity index (χ3v) is 6.28. The number of carbonyl (C=O) groups is 1. The van der Waals surface area contributed by atoms with Crippen molar-refractivity contribution in [2.75, 3.05) is 34.4 Å². The molecule has 0 radical (unpaired) electrons. The van der Waals surface area contributed by atoms with Gasteiger partial charge in [0.05, 0.1) is 21.3 Å². The maximum absolute atomic E-state index is 12.8. The summed E-state index contributed by atoms with van der Waals surface area (Å²) in [6.07, 6.45) is 1.68. The first-order valence-electron chi connectivity index (χ1n) is 12.0. The van der Waals surface area contributed by atoms with Gasteiger partial charge in [-0.2, -0.15) is 0 Å². The van der Waals surface area contributed by atoms with Crippen molar-refractivity contribution in [1.82, 2.24) is 9.47 Å². The number of hydrogen-bond donors (Lipinski definition) is 0. The second-order valence-corrected chi connectivity index (χ2v) is 8.30. The normalized spacial score (nSPS) is 10.8. The molecule has 0 saturated carbocycles. The van der Waals surface area contributed by atoms with Crippen molar-refractivity contribution in [2.24, 2.45) is 0 Å². The van der Waals surface area contributed by atoms with E-state index in [1.165, 1.54) is 0 Å². The third-order valence-electron chi connectivity index (χ3n) is 6.28. The summed E-state index contributed by atoms with van der Waals surface area (Å²) in [6.45, 7) is 5.65. The summed E-state index contributed by atoms with van der Waals surface area (Å²) in [5, 5.41) is 0.986. The average molecular weight is 489 g/mol. The van der Waals surface area contributed by atoms with Gasteiger partial charge in [-0.05, 0) is 67.4 Å². The fraction of sp³-hybridized carbons (Fsp3) is 0.276. The molecule has 0 unspecified atom stereocenters. The van der Waals surface area contributed by atoms with Crippen LogP contribution in [0.4, 0.5) is 4.79 Å². The van der Waals surface area contributed by atoms with Crippen LogP contribution < -0.4 is 18.9 Å². The van der Waals surface area contributed by atoms with Crippen molar-refractivity contribution in [2.45, 2.75) is 20.4 Å². The zero-order valence-electron chi connectivity index (χ0n) is 21.4. The molecule has 0 N–H and O–H groups in total. The van der Waals surface area contributed by atoms with E-state index >= 15 is 0 Å². The van der Waals surface area contributed by atoms with Crippen LogP contribution in [0.5, 0.6) is 23.0 Å². The average Bonchev–Trinajstić information content (AvgIpc) is 3.31. The maximum atomic E-state index is 12.8. The molecular weight excluding hydrogens is 456 g/mol. The van der Waals surface area contributed by atoms with Crippen molar-refractivity contribution in [3.05, 3.63) is 72.4 Å². The molecule has 4 rings (SSSR count). The van der Waals surface area contributed by atoms with Gasteiger partial charge in [0, 0.05) is 48.4 Å². The van der Waals surface area contributed by atoms with E-state index in [0.717, 1.165) is 44.8 Å². The summed E-state index contributed by atoms with van der Waals surface area (Å²) >= 11 is 0. The van der Waals surface area contributed by atoms with E-state index < -0.39 is 0 Å². The topological polar surface area (TPSA) is 62.2 Å². The fourth-order valence-corrected chi connectivity index (χ4v) is 4.33. The van der Waals surface area contributed by atoms with E-state index in [4.69, 9.17) is 18.9 Å². The fourth-order valence-electron chi connectivity index (χ4n) is 4.33. The lowest BCUT2D eigenvalue weighted by molar-refractivity contribution is 0.157. The monoisotopic (exact) mass is 488 g/mol. The first kappa shape index (κ1) is 25.0. The molecule has 1 aromatic heterocycles. The molecular formula is C29H32N2O5. The Morgan fingerprint density at radius 1 is 0.806 bits per heavy atom. The molecule has 0 aliphatic carbocycles. The van der Waals surface area contributed by atoms with Crippen LogP contribution in [0.1, 0.15) is 19.4 Å². The summed E-state index contributed by atoms with van der Waals surface area (Å²) < 4.78 is 24.3. The summed E-state index contributed by atoms with van der Waals surface area (Å²) in [7, 11) is 4.93. The lowest BCUT2D eigenvalue weighted by atomic mass is 10.0. The molecule has 0 aliphatic rings. The molecule has 4 aromatic rings. The lowest BCUT2D eigenvalue weighted by Crippen LogP contribution is -2.33. The Balaban J connectivity index is 1.80. The van der Waals surface area contributed by atoms with E-state index in [-0.39, 0.29) is 6.09 Å². The number of rotatable bonds is 9. The Labute approximate surface area is 211 Å². The molecule has 0 atom stereocenters. The Kier molecular flexibility index (Phi) is 7.68. The molecule has 7 nitrogen and oxygen atoms in total. The van der Waals surface area contributed by atoms with Gasteiger partial charge in [-0.3, -0.25) is 0 Å². The van der Waals surface area contributed by atoms with Crippen LogP contribution >= 0.6 is 0 Å². The summed E-state index contributed by atoms with van der Waals surface area (Å²) in [5.74, 6) is 2.76.